The van der Waals surface area contributed by atoms with Gasteiger partial charge in [0, 0.05) is 4.90 Å². The number of hydrogen-bond acceptors (Lipinski definition) is 2. The van der Waals surface area contributed by atoms with Crippen molar-refractivity contribution < 1.29 is 18.0 Å². The number of amides is 1. The molecule has 0 aliphatic heterocycles. The Bertz CT molecular complexity index is 460. The zero-order valence-electron chi connectivity index (χ0n) is 11.0. The first kappa shape index (κ1) is 15.9. The van der Waals surface area contributed by atoms with E-state index in [1.54, 1.807) is 6.92 Å². The highest BCUT2D eigenvalue weighted by Crippen LogP contribution is 2.25. The number of alkyl halides is 3. The Morgan fingerprint density at radius 3 is 2.47 bits per heavy atom. The molecule has 106 valence electrons. The predicted octanol–water partition coefficient (Wildman–Crippen LogP) is 3.46. The van der Waals surface area contributed by atoms with Crippen LogP contribution in [0.4, 0.5) is 13.2 Å². The van der Waals surface area contributed by atoms with Crippen LogP contribution in [0, 0.1) is 13.8 Å². The minimum absolute atomic E-state index is 0.565. The molecule has 0 aromatic heterocycles. The summed E-state index contributed by atoms with van der Waals surface area (Å²) in [5, 5.41) is 1.32. The number of rotatable bonds is 4. The Balaban J connectivity index is 2.56. The highest BCUT2D eigenvalue weighted by atomic mass is 32.2. The Labute approximate surface area is 114 Å². The molecule has 2 nitrogen and oxygen atoms in total. The van der Waals surface area contributed by atoms with Crippen LogP contribution in [0.1, 0.15) is 18.1 Å². The van der Waals surface area contributed by atoms with Crippen molar-refractivity contribution in [2.24, 2.45) is 0 Å². The molecule has 1 aromatic rings. The molecule has 0 fully saturated rings. The number of aryl methyl sites for hydroxylation is 2. The standard InChI is InChI=1S/C13H16F3NOS/c1-8-4-5-11(6-9(8)2)19-10(3)12(18)17-7-13(14,15)16/h4-6,10H,7H2,1-3H3,(H,17,18). The van der Waals surface area contributed by atoms with Gasteiger partial charge in [0.2, 0.25) is 5.91 Å². The summed E-state index contributed by atoms with van der Waals surface area (Å²) >= 11 is 1.25. The van der Waals surface area contributed by atoms with Gasteiger partial charge in [-0.3, -0.25) is 4.79 Å². The SMILES string of the molecule is Cc1ccc(SC(C)C(=O)NCC(F)(F)F)cc1C. The molecule has 1 atom stereocenters. The van der Waals surface area contributed by atoms with Gasteiger partial charge in [0.05, 0.1) is 5.25 Å². The minimum Gasteiger partial charge on any atom is -0.346 e. The lowest BCUT2D eigenvalue weighted by Crippen LogP contribution is -2.37. The van der Waals surface area contributed by atoms with Gasteiger partial charge in [0.1, 0.15) is 6.54 Å². The number of carbonyl (C=O) groups excluding carboxylic acids is 1. The summed E-state index contributed by atoms with van der Waals surface area (Å²) in [7, 11) is 0. The molecular weight excluding hydrogens is 275 g/mol. The topological polar surface area (TPSA) is 29.1 Å². The summed E-state index contributed by atoms with van der Waals surface area (Å²) in [6.45, 7) is 4.23. The van der Waals surface area contributed by atoms with Crippen molar-refractivity contribution in [3.63, 3.8) is 0 Å². The summed E-state index contributed by atoms with van der Waals surface area (Å²) in [5.41, 5.74) is 2.23. The molecule has 19 heavy (non-hydrogen) atoms. The molecule has 0 heterocycles. The molecule has 0 aliphatic rings. The molecule has 1 unspecified atom stereocenters. The monoisotopic (exact) mass is 291 g/mol. The number of carbonyl (C=O) groups is 1. The molecule has 0 spiro atoms. The third kappa shape index (κ3) is 5.55. The van der Waals surface area contributed by atoms with E-state index in [9.17, 15) is 18.0 Å². The molecule has 1 rings (SSSR count). The fourth-order valence-corrected chi connectivity index (χ4v) is 2.37. The van der Waals surface area contributed by atoms with Crippen molar-refractivity contribution in [2.45, 2.75) is 37.1 Å². The largest absolute Gasteiger partial charge is 0.405 e. The molecule has 1 N–H and O–H groups in total. The van der Waals surface area contributed by atoms with Gasteiger partial charge >= 0.3 is 6.18 Å². The van der Waals surface area contributed by atoms with Crippen LogP contribution >= 0.6 is 11.8 Å². The number of thioether (sulfide) groups is 1. The second kappa shape index (κ2) is 6.32. The first-order valence-electron chi connectivity index (χ1n) is 5.77. The molecule has 0 saturated carbocycles. The van der Waals surface area contributed by atoms with E-state index in [-0.39, 0.29) is 0 Å². The molecule has 0 radical (unpaired) electrons. The van der Waals surface area contributed by atoms with Gasteiger partial charge in [-0.15, -0.1) is 11.8 Å². The van der Waals surface area contributed by atoms with Crippen LogP contribution < -0.4 is 5.32 Å². The third-order valence-electron chi connectivity index (χ3n) is 2.62. The van der Waals surface area contributed by atoms with Crippen LogP contribution in [-0.2, 0) is 4.79 Å². The normalized spacial score (nSPS) is 13.2. The maximum absolute atomic E-state index is 12.0. The molecular formula is C13H16F3NOS. The third-order valence-corrected chi connectivity index (χ3v) is 3.72. The van der Waals surface area contributed by atoms with E-state index in [2.05, 4.69) is 0 Å². The quantitative estimate of drug-likeness (QED) is 0.861. The van der Waals surface area contributed by atoms with E-state index in [0.717, 1.165) is 16.0 Å². The van der Waals surface area contributed by atoms with Crippen LogP contribution in [0.25, 0.3) is 0 Å². The lowest BCUT2D eigenvalue weighted by molar-refractivity contribution is -0.137. The fraction of sp³-hybridized carbons (Fsp3) is 0.462. The van der Waals surface area contributed by atoms with Crippen LogP contribution in [0.3, 0.4) is 0 Å². The molecule has 6 heteroatoms. The van der Waals surface area contributed by atoms with Crippen LogP contribution in [0.2, 0.25) is 0 Å². The number of halogens is 3. The van der Waals surface area contributed by atoms with Gasteiger partial charge in [-0.2, -0.15) is 13.2 Å². The highest BCUT2D eigenvalue weighted by Gasteiger charge is 2.28. The zero-order chi connectivity index (χ0) is 14.6. The first-order chi connectivity index (χ1) is 8.69. The number of nitrogens with one attached hydrogen (secondary N) is 1. The Morgan fingerprint density at radius 1 is 1.32 bits per heavy atom. The molecule has 0 bridgehead atoms. The van der Waals surface area contributed by atoms with E-state index < -0.39 is 23.9 Å². The smallest absolute Gasteiger partial charge is 0.346 e. The van der Waals surface area contributed by atoms with Crippen LogP contribution in [0.5, 0.6) is 0 Å². The highest BCUT2D eigenvalue weighted by molar-refractivity contribution is 8.00. The van der Waals surface area contributed by atoms with Crippen molar-refractivity contribution in [3.8, 4) is 0 Å². The second-order valence-electron chi connectivity index (χ2n) is 4.34. The molecule has 0 aliphatic carbocycles. The summed E-state index contributed by atoms with van der Waals surface area (Å²) in [6.07, 6.45) is -4.37. The van der Waals surface area contributed by atoms with Crippen LogP contribution in [-0.4, -0.2) is 23.9 Å². The Morgan fingerprint density at radius 2 is 1.95 bits per heavy atom. The Hall–Kier alpha value is -1.17. The van der Waals surface area contributed by atoms with E-state index in [1.807, 2.05) is 37.4 Å². The maximum atomic E-state index is 12.0. The van der Waals surface area contributed by atoms with Gasteiger partial charge in [-0.05, 0) is 44.0 Å². The molecule has 0 saturated heterocycles. The summed E-state index contributed by atoms with van der Waals surface area (Å²) in [5.74, 6) is -0.611. The van der Waals surface area contributed by atoms with Crippen molar-refractivity contribution in [1.82, 2.24) is 5.32 Å². The van der Waals surface area contributed by atoms with Crippen molar-refractivity contribution in [2.75, 3.05) is 6.54 Å². The average Bonchev–Trinajstić information content (AvgIpc) is 2.29. The van der Waals surface area contributed by atoms with E-state index in [0.29, 0.717) is 0 Å². The van der Waals surface area contributed by atoms with Crippen molar-refractivity contribution in [3.05, 3.63) is 29.3 Å². The number of benzene rings is 1. The van der Waals surface area contributed by atoms with Crippen molar-refractivity contribution >= 4 is 17.7 Å². The first-order valence-corrected chi connectivity index (χ1v) is 6.65. The lowest BCUT2D eigenvalue weighted by Gasteiger charge is -2.14. The lowest BCUT2D eigenvalue weighted by atomic mass is 10.1. The Kier molecular flexibility index (Phi) is 5.29. The van der Waals surface area contributed by atoms with Gasteiger partial charge in [-0.1, -0.05) is 6.07 Å². The van der Waals surface area contributed by atoms with E-state index >= 15 is 0 Å². The van der Waals surface area contributed by atoms with Gasteiger partial charge in [0.25, 0.3) is 0 Å². The maximum Gasteiger partial charge on any atom is 0.405 e. The fourth-order valence-electron chi connectivity index (χ4n) is 1.38. The predicted molar refractivity (Wildman–Crippen MR) is 70.3 cm³/mol. The zero-order valence-corrected chi connectivity index (χ0v) is 11.8. The molecule has 1 aromatic carbocycles. The summed E-state index contributed by atoms with van der Waals surface area (Å²) in [4.78, 5) is 12.4. The van der Waals surface area contributed by atoms with E-state index in [4.69, 9.17) is 0 Å². The molecule has 1 amide bonds. The minimum atomic E-state index is -4.37. The van der Waals surface area contributed by atoms with Gasteiger partial charge < -0.3 is 5.32 Å². The van der Waals surface area contributed by atoms with Gasteiger partial charge in [-0.25, -0.2) is 0 Å². The number of hydrogen-bond donors (Lipinski definition) is 1. The summed E-state index contributed by atoms with van der Waals surface area (Å²) in [6, 6.07) is 5.71. The second-order valence-corrected chi connectivity index (χ2v) is 5.75. The van der Waals surface area contributed by atoms with Crippen LogP contribution in [0.15, 0.2) is 23.1 Å². The van der Waals surface area contributed by atoms with E-state index in [1.165, 1.54) is 11.8 Å². The summed E-state index contributed by atoms with van der Waals surface area (Å²) < 4.78 is 35.9. The average molecular weight is 291 g/mol. The van der Waals surface area contributed by atoms with Crippen molar-refractivity contribution in [1.29, 1.82) is 0 Å². The van der Waals surface area contributed by atoms with Gasteiger partial charge in [0.15, 0.2) is 0 Å².